The summed E-state index contributed by atoms with van der Waals surface area (Å²) in [6.45, 7) is 8.32. The fraction of sp³-hybridized carbons (Fsp3) is 0.524. The van der Waals surface area contributed by atoms with Gasteiger partial charge in [-0.25, -0.2) is 0 Å². The van der Waals surface area contributed by atoms with Crippen LogP contribution in [0.2, 0.25) is 0 Å². The van der Waals surface area contributed by atoms with Crippen molar-refractivity contribution in [3.63, 3.8) is 0 Å². The quantitative estimate of drug-likeness (QED) is 0.200. The number of hydrogen-bond acceptors (Lipinski definition) is 12. The van der Waals surface area contributed by atoms with Crippen LogP contribution in [0.25, 0.3) is 0 Å². The topological polar surface area (TPSA) is 122 Å². The van der Waals surface area contributed by atoms with E-state index in [-0.39, 0.29) is 19.8 Å². The Morgan fingerprint density at radius 1 is 0.630 bits per heavy atom. The smallest absolute Gasteiger partial charge is 0.190 e. The zero-order valence-corrected chi connectivity index (χ0v) is 31.4. The second-order valence-electron chi connectivity index (χ2n) is 14.8. The lowest BCUT2D eigenvalue weighted by molar-refractivity contribution is -0.326. The van der Waals surface area contributed by atoms with Crippen LogP contribution in [-0.4, -0.2) is 97.9 Å². The molecule has 12 nitrogen and oxygen atoms in total. The molecule has 1 unspecified atom stereocenters. The number of fused-ring (bicyclic) bond motifs is 3. The number of aliphatic hydroxyl groups excluding tert-OH is 1. The number of aliphatic hydroxyl groups is 1. The molecule has 4 aliphatic heterocycles. The van der Waals surface area contributed by atoms with Gasteiger partial charge in [0.1, 0.15) is 61.5 Å². The third-order valence-electron chi connectivity index (χ3n) is 9.84. The molecular weight excluding hydrogens is 696 g/mol. The Balaban J connectivity index is 1.09. The Morgan fingerprint density at radius 2 is 1.13 bits per heavy atom. The first-order valence-corrected chi connectivity index (χ1v) is 18.6. The fourth-order valence-corrected chi connectivity index (χ4v) is 7.38. The van der Waals surface area contributed by atoms with Gasteiger partial charge < -0.3 is 57.2 Å². The van der Waals surface area contributed by atoms with Crippen LogP contribution in [0, 0.1) is 0 Å². The van der Waals surface area contributed by atoms with Crippen molar-refractivity contribution in [2.75, 3.05) is 13.7 Å². The summed E-state index contributed by atoms with van der Waals surface area (Å²) >= 11 is 0. The van der Waals surface area contributed by atoms with Crippen molar-refractivity contribution < 1.29 is 57.2 Å². The zero-order valence-electron chi connectivity index (χ0n) is 31.4. The van der Waals surface area contributed by atoms with Crippen molar-refractivity contribution in [1.29, 1.82) is 0 Å². The van der Waals surface area contributed by atoms with Crippen molar-refractivity contribution in [2.45, 2.75) is 127 Å². The second-order valence-corrected chi connectivity index (χ2v) is 14.8. The van der Waals surface area contributed by atoms with Crippen LogP contribution in [0.15, 0.2) is 103 Å². The van der Waals surface area contributed by atoms with Gasteiger partial charge in [-0.1, -0.05) is 91.0 Å². The normalized spacial score (nSPS) is 33.3. The van der Waals surface area contributed by atoms with Crippen LogP contribution in [0.1, 0.15) is 44.4 Å². The summed E-state index contributed by atoms with van der Waals surface area (Å²) in [6.07, 6.45) is -4.70. The third kappa shape index (κ3) is 9.40. The van der Waals surface area contributed by atoms with E-state index >= 15 is 0 Å². The highest BCUT2D eigenvalue weighted by molar-refractivity contribution is 5.16. The molecule has 292 valence electrons. The molecule has 54 heavy (non-hydrogen) atoms. The number of rotatable bonds is 15. The van der Waals surface area contributed by atoms with Crippen molar-refractivity contribution in [3.8, 4) is 0 Å². The number of methoxy groups -OCH3 is 1. The Labute approximate surface area is 317 Å². The minimum absolute atomic E-state index is 0.106. The molecule has 0 saturated carbocycles. The van der Waals surface area contributed by atoms with Gasteiger partial charge in [-0.3, -0.25) is 0 Å². The van der Waals surface area contributed by atoms with E-state index in [1.807, 2.05) is 119 Å². The van der Waals surface area contributed by atoms with Crippen molar-refractivity contribution in [3.05, 3.63) is 120 Å². The lowest BCUT2D eigenvalue weighted by atomic mass is 9.94. The first kappa shape index (κ1) is 39.0. The first-order chi connectivity index (χ1) is 26.1. The SMILES string of the molecule is CO[C@H]1O[C@H](C(O)/C=C/OC[C@H]2O[C@@H]3OC(C)(C)O[C@@H]3[C@H]3OC(C)(C)O[C@H]32)[C@@H](OCc2ccccc2)[C@H](OCc2ccccc2)[C@H]1OCc1ccccc1. The van der Waals surface area contributed by atoms with E-state index in [0.29, 0.717) is 6.61 Å². The minimum atomic E-state index is -1.19. The molecule has 11 atom stereocenters. The summed E-state index contributed by atoms with van der Waals surface area (Å²) in [7, 11) is 1.55. The maximum absolute atomic E-state index is 11.8. The summed E-state index contributed by atoms with van der Waals surface area (Å²) in [5, 5.41) is 11.8. The molecule has 12 heteroatoms. The third-order valence-corrected chi connectivity index (χ3v) is 9.84. The monoisotopic (exact) mass is 748 g/mol. The largest absolute Gasteiger partial charge is 0.499 e. The molecule has 4 fully saturated rings. The van der Waals surface area contributed by atoms with Crippen molar-refractivity contribution >= 4 is 0 Å². The highest BCUT2D eigenvalue weighted by Gasteiger charge is 2.61. The molecule has 4 aliphatic rings. The molecule has 4 saturated heterocycles. The van der Waals surface area contributed by atoms with E-state index in [2.05, 4.69) is 0 Å². The lowest BCUT2D eigenvalue weighted by Gasteiger charge is -2.46. The van der Waals surface area contributed by atoms with Gasteiger partial charge in [0.05, 0.1) is 26.1 Å². The highest BCUT2D eigenvalue weighted by Crippen LogP contribution is 2.44. The van der Waals surface area contributed by atoms with Gasteiger partial charge in [-0.2, -0.15) is 0 Å². The molecule has 7 rings (SSSR count). The van der Waals surface area contributed by atoms with E-state index in [0.717, 1.165) is 16.7 Å². The molecule has 0 aromatic heterocycles. The van der Waals surface area contributed by atoms with Crippen LogP contribution in [0.5, 0.6) is 0 Å². The Hall–Kier alpha value is -3.24. The van der Waals surface area contributed by atoms with E-state index in [1.165, 1.54) is 12.3 Å². The predicted octanol–water partition coefficient (Wildman–Crippen LogP) is 5.40. The molecule has 0 aliphatic carbocycles. The van der Waals surface area contributed by atoms with Gasteiger partial charge in [0.25, 0.3) is 0 Å². The van der Waals surface area contributed by atoms with Crippen LogP contribution in [-0.2, 0) is 71.9 Å². The predicted molar refractivity (Wildman–Crippen MR) is 194 cm³/mol. The minimum Gasteiger partial charge on any atom is -0.499 e. The summed E-state index contributed by atoms with van der Waals surface area (Å²) in [5.41, 5.74) is 2.91. The first-order valence-electron chi connectivity index (χ1n) is 18.6. The molecule has 0 amide bonds. The van der Waals surface area contributed by atoms with Gasteiger partial charge in [-0.15, -0.1) is 0 Å². The van der Waals surface area contributed by atoms with Gasteiger partial charge in [0.2, 0.25) is 0 Å². The van der Waals surface area contributed by atoms with Gasteiger partial charge >= 0.3 is 0 Å². The molecule has 3 aromatic carbocycles. The summed E-state index contributed by atoms with van der Waals surface area (Å²) in [6, 6.07) is 29.5. The van der Waals surface area contributed by atoms with Crippen LogP contribution in [0.3, 0.4) is 0 Å². The van der Waals surface area contributed by atoms with Gasteiger partial charge in [0, 0.05) is 7.11 Å². The standard InChI is InChI=1S/C42H52O12/c1-41(2)51-33-31(49-40-38(36(33)52-41)53-42(3,4)54-40)26-45-22-21-30(43)32-34(46-23-27-15-9-6-10-16-27)35(47-24-28-17-11-7-12-18-28)37(39(44-5)50-32)48-25-29-19-13-8-14-20-29/h6-22,30-40,43H,23-26H2,1-5H3/b22-21+/t30?,31-,32-,33+,34-,35+,36+,37-,38-,39+,40-/m1/s1. The Kier molecular flexibility index (Phi) is 12.5. The van der Waals surface area contributed by atoms with Crippen molar-refractivity contribution in [1.82, 2.24) is 0 Å². The number of hydrogen-bond donors (Lipinski definition) is 1. The van der Waals surface area contributed by atoms with E-state index in [9.17, 15) is 5.11 Å². The lowest BCUT2D eigenvalue weighted by Crippen LogP contribution is -2.63. The molecule has 0 radical (unpaired) electrons. The fourth-order valence-electron chi connectivity index (χ4n) is 7.38. The molecule has 1 N–H and O–H groups in total. The zero-order chi connectivity index (χ0) is 37.7. The molecule has 0 spiro atoms. The second kappa shape index (κ2) is 17.3. The van der Waals surface area contributed by atoms with Gasteiger partial charge in [0.15, 0.2) is 24.2 Å². The van der Waals surface area contributed by atoms with E-state index in [4.69, 9.17) is 52.1 Å². The van der Waals surface area contributed by atoms with Crippen molar-refractivity contribution in [2.24, 2.45) is 0 Å². The maximum atomic E-state index is 11.8. The Bertz CT molecular complexity index is 1620. The Morgan fingerprint density at radius 3 is 1.70 bits per heavy atom. The maximum Gasteiger partial charge on any atom is 0.190 e. The van der Waals surface area contributed by atoms with Crippen LogP contribution in [0.4, 0.5) is 0 Å². The molecular formula is C42H52O12. The number of ether oxygens (including phenoxy) is 11. The summed E-state index contributed by atoms with van der Waals surface area (Å²) in [5.74, 6) is -1.66. The summed E-state index contributed by atoms with van der Waals surface area (Å²) in [4.78, 5) is 0. The molecule has 4 heterocycles. The van der Waals surface area contributed by atoms with Crippen LogP contribution < -0.4 is 0 Å². The van der Waals surface area contributed by atoms with E-state index in [1.54, 1.807) is 7.11 Å². The van der Waals surface area contributed by atoms with Crippen LogP contribution >= 0.6 is 0 Å². The summed E-state index contributed by atoms with van der Waals surface area (Å²) < 4.78 is 69.0. The van der Waals surface area contributed by atoms with E-state index < -0.39 is 79.1 Å². The molecule has 3 aromatic rings. The number of benzene rings is 3. The molecule has 0 bridgehead atoms. The average molecular weight is 749 g/mol. The van der Waals surface area contributed by atoms with Gasteiger partial charge in [-0.05, 0) is 50.5 Å². The average Bonchev–Trinajstić information content (AvgIpc) is 3.68. The highest BCUT2D eigenvalue weighted by atomic mass is 16.9.